The van der Waals surface area contributed by atoms with Crippen LogP contribution in [0.4, 0.5) is 5.69 Å². The maximum absolute atomic E-state index is 13.1. The Balaban J connectivity index is 2.00. The molecule has 0 aromatic heterocycles. The Morgan fingerprint density at radius 3 is 2.58 bits per heavy atom. The molecule has 0 spiro atoms. The maximum Gasteiger partial charge on any atom is 0.346 e. The molecule has 0 saturated heterocycles. The van der Waals surface area contributed by atoms with Gasteiger partial charge in [0.05, 0.1) is 6.61 Å². The van der Waals surface area contributed by atoms with Crippen LogP contribution in [0.1, 0.15) is 44.0 Å². The summed E-state index contributed by atoms with van der Waals surface area (Å²) in [6.45, 7) is 7.98. The molecule has 1 aliphatic carbocycles. The Bertz CT molecular complexity index is 1280. The molecule has 0 N–H and O–H groups in total. The van der Waals surface area contributed by atoms with Crippen LogP contribution >= 0.6 is 0 Å². The van der Waals surface area contributed by atoms with Gasteiger partial charge in [0, 0.05) is 35.6 Å². The number of benzene rings is 3. The van der Waals surface area contributed by atoms with Crippen LogP contribution in [0, 0.1) is 0 Å². The Morgan fingerprint density at radius 2 is 1.87 bits per heavy atom. The topological polar surface area (TPSA) is 72.6 Å². The number of unbranched alkanes of at least 4 members (excludes halogenated alkanes) is 1. The number of carbonyl (C=O) groups is 1. The second-order valence-corrected chi connectivity index (χ2v) is 7.45. The summed E-state index contributed by atoms with van der Waals surface area (Å²) < 4.78 is 11.4. The van der Waals surface area contributed by atoms with E-state index < -0.39 is 11.4 Å². The second-order valence-electron chi connectivity index (χ2n) is 7.45. The van der Waals surface area contributed by atoms with Crippen molar-refractivity contribution in [2.24, 2.45) is 0 Å². The standard InChI is InChI=1S/C25H26N2O4/c1-4-7-14-27(5-2)16-12-13-19-20(15-16)31-24-21(25(29)30-6-3)23(28)18-11-9-8-10-17(18)22(24)26-19/h8-13,15H,4-7,14H2,1-3H3. The normalized spacial score (nSPS) is 11.3. The summed E-state index contributed by atoms with van der Waals surface area (Å²) in [6, 6.07) is 13.0. The molecule has 0 radical (unpaired) electrons. The average molecular weight is 418 g/mol. The lowest BCUT2D eigenvalue weighted by molar-refractivity contribution is 0.0524. The van der Waals surface area contributed by atoms with Crippen molar-refractivity contribution in [3.05, 3.63) is 58.3 Å². The molecule has 160 valence electrons. The quantitative estimate of drug-likeness (QED) is 0.232. The van der Waals surface area contributed by atoms with Crippen molar-refractivity contribution < 1.29 is 13.9 Å². The highest BCUT2D eigenvalue weighted by Crippen LogP contribution is 2.34. The van der Waals surface area contributed by atoms with Crippen LogP contribution in [0.25, 0.3) is 33.3 Å². The van der Waals surface area contributed by atoms with Crippen molar-refractivity contribution in [1.29, 1.82) is 0 Å². The third kappa shape index (κ3) is 3.74. The number of rotatable bonds is 7. The first-order chi connectivity index (χ1) is 15.1. The fraction of sp³-hybridized carbons (Fsp3) is 0.320. The van der Waals surface area contributed by atoms with E-state index in [4.69, 9.17) is 14.1 Å². The van der Waals surface area contributed by atoms with Crippen LogP contribution in [0.2, 0.25) is 0 Å². The molecule has 31 heavy (non-hydrogen) atoms. The first-order valence-electron chi connectivity index (χ1n) is 10.8. The van der Waals surface area contributed by atoms with Crippen molar-refractivity contribution in [3.8, 4) is 11.5 Å². The minimum absolute atomic E-state index is 0.103. The SMILES string of the molecule is CCCCN(CC)c1ccc2nc3c4ccccc4c(=O)c(C(=O)OCC)c-3oc2c1. The lowest BCUT2D eigenvalue weighted by atomic mass is 9.99. The zero-order valence-electron chi connectivity index (χ0n) is 18.1. The number of aromatic nitrogens is 1. The molecule has 1 aliphatic heterocycles. The van der Waals surface area contributed by atoms with E-state index in [-0.39, 0.29) is 17.9 Å². The Hall–Kier alpha value is -3.41. The van der Waals surface area contributed by atoms with Crippen LogP contribution in [0.3, 0.4) is 0 Å². The first-order valence-corrected chi connectivity index (χ1v) is 10.8. The molecule has 2 aromatic rings. The molecule has 2 aliphatic rings. The van der Waals surface area contributed by atoms with Gasteiger partial charge in [0.15, 0.2) is 16.9 Å². The van der Waals surface area contributed by atoms with Crippen molar-refractivity contribution in [2.75, 3.05) is 24.6 Å². The van der Waals surface area contributed by atoms with Crippen LogP contribution in [-0.2, 0) is 4.74 Å². The van der Waals surface area contributed by atoms with E-state index in [1.807, 2.05) is 30.3 Å². The van der Waals surface area contributed by atoms with Gasteiger partial charge in [0.25, 0.3) is 0 Å². The molecule has 0 amide bonds. The molecule has 4 rings (SSSR count). The van der Waals surface area contributed by atoms with E-state index in [0.717, 1.165) is 31.6 Å². The van der Waals surface area contributed by atoms with Crippen LogP contribution in [0.5, 0.6) is 0 Å². The molecule has 0 unspecified atom stereocenters. The highest BCUT2D eigenvalue weighted by atomic mass is 16.5. The maximum atomic E-state index is 13.1. The predicted molar refractivity (Wildman–Crippen MR) is 123 cm³/mol. The second kappa shape index (κ2) is 8.76. The number of anilines is 1. The number of carbonyl (C=O) groups excluding carboxylic acids is 1. The molecule has 0 fully saturated rings. The highest BCUT2D eigenvalue weighted by molar-refractivity contribution is 6.06. The van der Waals surface area contributed by atoms with Gasteiger partial charge in [-0.3, -0.25) is 4.79 Å². The van der Waals surface area contributed by atoms with Gasteiger partial charge in [0.1, 0.15) is 11.2 Å². The van der Waals surface area contributed by atoms with E-state index in [1.54, 1.807) is 19.1 Å². The monoisotopic (exact) mass is 418 g/mol. The number of fused-ring (bicyclic) bond motifs is 4. The van der Waals surface area contributed by atoms with Gasteiger partial charge in [-0.05, 0) is 32.4 Å². The molecule has 2 aromatic carbocycles. The summed E-state index contributed by atoms with van der Waals surface area (Å²) in [5, 5.41) is 1.08. The van der Waals surface area contributed by atoms with Crippen molar-refractivity contribution in [3.63, 3.8) is 0 Å². The van der Waals surface area contributed by atoms with Crippen molar-refractivity contribution >= 4 is 33.5 Å². The van der Waals surface area contributed by atoms with Gasteiger partial charge in [-0.1, -0.05) is 37.6 Å². The number of esters is 1. The van der Waals surface area contributed by atoms with Gasteiger partial charge >= 0.3 is 5.97 Å². The van der Waals surface area contributed by atoms with E-state index in [1.165, 1.54) is 0 Å². The summed E-state index contributed by atoms with van der Waals surface area (Å²) in [7, 11) is 0. The Labute approximate surface area is 180 Å². The number of nitrogens with zero attached hydrogens (tertiary/aromatic N) is 2. The lowest BCUT2D eigenvalue weighted by Crippen LogP contribution is -2.23. The van der Waals surface area contributed by atoms with E-state index >= 15 is 0 Å². The van der Waals surface area contributed by atoms with Gasteiger partial charge in [0.2, 0.25) is 5.43 Å². The molecular weight excluding hydrogens is 392 g/mol. The minimum atomic E-state index is -0.692. The third-order valence-corrected chi connectivity index (χ3v) is 5.49. The molecule has 1 heterocycles. The molecule has 6 nitrogen and oxygen atoms in total. The summed E-state index contributed by atoms with van der Waals surface area (Å²) in [6.07, 6.45) is 2.21. The molecule has 0 saturated carbocycles. The van der Waals surface area contributed by atoms with E-state index in [9.17, 15) is 9.59 Å². The highest BCUT2D eigenvalue weighted by Gasteiger charge is 2.27. The summed E-state index contributed by atoms with van der Waals surface area (Å²) in [5.74, 6) is -0.522. The van der Waals surface area contributed by atoms with Crippen LogP contribution in [-0.4, -0.2) is 30.6 Å². The first kappa shape index (κ1) is 20.8. The molecule has 6 heteroatoms. The smallest absolute Gasteiger partial charge is 0.346 e. The fourth-order valence-electron chi connectivity index (χ4n) is 3.89. The molecule has 0 atom stereocenters. The summed E-state index contributed by atoms with van der Waals surface area (Å²) in [4.78, 5) is 32.9. The Kier molecular flexibility index (Phi) is 5.89. The zero-order chi connectivity index (χ0) is 22.0. The largest absolute Gasteiger partial charge is 0.462 e. The predicted octanol–water partition coefficient (Wildman–Crippen LogP) is 5.25. The van der Waals surface area contributed by atoms with Crippen LogP contribution in [0.15, 0.2) is 51.7 Å². The van der Waals surface area contributed by atoms with Gasteiger partial charge < -0.3 is 14.1 Å². The molecule has 0 bridgehead atoms. The number of hydrogen-bond donors (Lipinski definition) is 0. The van der Waals surface area contributed by atoms with Crippen LogP contribution < -0.4 is 10.3 Å². The fourth-order valence-corrected chi connectivity index (χ4v) is 3.89. The number of hydrogen-bond acceptors (Lipinski definition) is 6. The van der Waals surface area contributed by atoms with Crippen molar-refractivity contribution in [2.45, 2.75) is 33.6 Å². The average Bonchev–Trinajstić information content (AvgIpc) is 2.79. The lowest BCUT2D eigenvalue weighted by Gasteiger charge is -2.23. The number of ether oxygens (including phenoxy) is 1. The third-order valence-electron chi connectivity index (χ3n) is 5.49. The van der Waals surface area contributed by atoms with Gasteiger partial charge in [-0.25, -0.2) is 9.78 Å². The Morgan fingerprint density at radius 1 is 1.10 bits per heavy atom. The minimum Gasteiger partial charge on any atom is -0.462 e. The van der Waals surface area contributed by atoms with E-state index in [0.29, 0.717) is 27.6 Å². The van der Waals surface area contributed by atoms with Gasteiger partial charge in [-0.15, -0.1) is 0 Å². The van der Waals surface area contributed by atoms with E-state index in [2.05, 4.69) is 18.7 Å². The molecular formula is C25H26N2O4. The summed E-state index contributed by atoms with van der Waals surface area (Å²) in [5.41, 5.74) is 2.20. The van der Waals surface area contributed by atoms with Crippen molar-refractivity contribution in [1.82, 2.24) is 4.98 Å². The zero-order valence-corrected chi connectivity index (χ0v) is 18.1. The van der Waals surface area contributed by atoms with Gasteiger partial charge in [-0.2, -0.15) is 0 Å². The summed E-state index contributed by atoms with van der Waals surface area (Å²) >= 11 is 0.